The lowest BCUT2D eigenvalue weighted by Gasteiger charge is -2.17. The molecule has 0 radical (unpaired) electrons. The average Bonchev–Trinajstić information content (AvgIpc) is 2.85. The first-order chi connectivity index (χ1) is 9.63. The Morgan fingerprint density at radius 2 is 2.15 bits per heavy atom. The number of nitrogens with one attached hydrogen (secondary N) is 1. The maximum Gasteiger partial charge on any atom is 0.133 e. The molecule has 5 heteroatoms. The molecule has 2 aromatic rings. The highest BCUT2D eigenvalue weighted by molar-refractivity contribution is 9.10. The number of halogens is 2. The molecule has 0 aliphatic rings. The Bertz CT molecular complexity index is 573. The van der Waals surface area contributed by atoms with Gasteiger partial charge in [0.05, 0.1) is 15.9 Å². The van der Waals surface area contributed by atoms with Crippen LogP contribution in [0.4, 0.5) is 0 Å². The van der Waals surface area contributed by atoms with E-state index in [0.29, 0.717) is 0 Å². The third kappa shape index (κ3) is 3.98. The quantitative estimate of drug-likeness (QED) is 0.762. The van der Waals surface area contributed by atoms with Crippen molar-refractivity contribution >= 4 is 38.9 Å². The molecule has 20 heavy (non-hydrogen) atoms. The maximum atomic E-state index is 6.04. The Kier molecular flexibility index (Phi) is 5.90. The van der Waals surface area contributed by atoms with Gasteiger partial charge in [0.25, 0.3) is 0 Å². The van der Waals surface area contributed by atoms with E-state index in [1.165, 1.54) is 10.4 Å². The van der Waals surface area contributed by atoms with Gasteiger partial charge < -0.3 is 10.1 Å². The van der Waals surface area contributed by atoms with Crippen molar-refractivity contribution in [2.24, 2.45) is 0 Å². The van der Waals surface area contributed by atoms with E-state index in [1.54, 1.807) is 18.4 Å². The fourth-order valence-corrected chi connectivity index (χ4v) is 3.83. The van der Waals surface area contributed by atoms with Gasteiger partial charge in [0.1, 0.15) is 5.75 Å². The molecule has 1 atom stereocenters. The molecule has 1 heterocycles. The standard InChI is InChI=1S/C15H17BrClNOS/c1-3-18-12(14-6-7-15(17)20-14)9-10-4-5-13(19-2)11(16)8-10/h4-8,12,18H,3,9H2,1-2H3. The summed E-state index contributed by atoms with van der Waals surface area (Å²) in [6.45, 7) is 3.05. The van der Waals surface area contributed by atoms with Crippen LogP contribution in [0, 0.1) is 0 Å². The highest BCUT2D eigenvalue weighted by Gasteiger charge is 2.14. The van der Waals surface area contributed by atoms with Gasteiger partial charge in [-0.2, -0.15) is 0 Å². The Morgan fingerprint density at radius 3 is 2.70 bits per heavy atom. The highest BCUT2D eigenvalue weighted by atomic mass is 79.9. The number of methoxy groups -OCH3 is 1. The largest absolute Gasteiger partial charge is 0.496 e. The number of thiophene rings is 1. The Hall–Kier alpha value is -0.550. The van der Waals surface area contributed by atoms with Crippen molar-refractivity contribution in [3.8, 4) is 5.75 Å². The number of benzene rings is 1. The second kappa shape index (κ2) is 7.46. The molecule has 1 aromatic heterocycles. The summed E-state index contributed by atoms with van der Waals surface area (Å²) in [6, 6.07) is 10.5. The first-order valence-corrected chi connectivity index (χ1v) is 8.43. The van der Waals surface area contributed by atoms with Crippen LogP contribution < -0.4 is 10.1 Å². The van der Waals surface area contributed by atoms with E-state index >= 15 is 0 Å². The summed E-state index contributed by atoms with van der Waals surface area (Å²) >= 11 is 11.2. The van der Waals surface area contributed by atoms with E-state index in [9.17, 15) is 0 Å². The Morgan fingerprint density at radius 1 is 1.35 bits per heavy atom. The number of rotatable bonds is 6. The van der Waals surface area contributed by atoms with Gasteiger partial charge in [-0.05, 0) is 58.7 Å². The van der Waals surface area contributed by atoms with Crippen LogP contribution in [0.5, 0.6) is 5.75 Å². The van der Waals surface area contributed by atoms with Gasteiger partial charge in [0.15, 0.2) is 0 Å². The molecule has 1 unspecified atom stereocenters. The smallest absolute Gasteiger partial charge is 0.133 e. The van der Waals surface area contributed by atoms with Crippen LogP contribution in [0.15, 0.2) is 34.8 Å². The van der Waals surface area contributed by atoms with Crippen LogP contribution in [0.25, 0.3) is 0 Å². The van der Waals surface area contributed by atoms with Crippen molar-refractivity contribution in [1.29, 1.82) is 0 Å². The first-order valence-electron chi connectivity index (χ1n) is 6.45. The van der Waals surface area contributed by atoms with Crippen LogP contribution in [0.2, 0.25) is 4.34 Å². The molecule has 2 rings (SSSR count). The van der Waals surface area contributed by atoms with Crippen molar-refractivity contribution in [3.05, 3.63) is 49.6 Å². The number of hydrogen-bond acceptors (Lipinski definition) is 3. The minimum atomic E-state index is 0.290. The number of ether oxygens (including phenoxy) is 1. The van der Waals surface area contributed by atoms with Crippen molar-refractivity contribution in [2.75, 3.05) is 13.7 Å². The van der Waals surface area contributed by atoms with E-state index < -0.39 is 0 Å². The Balaban J connectivity index is 2.17. The predicted molar refractivity (Wildman–Crippen MR) is 90.1 cm³/mol. The molecule has 0 bridgehead atoms. The summed E-state index contributed by atoms with van der Waals surface area (Å²) in [5.74, 6) is 0.855. The van der Waals surface area contributed by atoms with E-state index in [0.717, 1.165) is 27.5 Å². The van der Waals surface area contributed by atoms with Gasteiger partial charge >= 0.3 is 0 Å². The summed E-state index contributed by atoms with van der Waals surface area (Å²) in [6.07, 6.45) is 0.924. The molecular weight excluding hydrogens is 358 g/mol. The molecule has 0 amide bonds. The van der Waals surface area contributed by atoms with E-state index in [-0.39, 0.29) is 6.04 Å². The minimum Gasteiger partial charge on any atom is -0.496 e. The van der Waals surface area contributed by atoms with E-state index in [4.69, 9.17) is 16.3 Å². The molecule has 1 aromatic carbocycles. The topological polar surface area (TPSA) is 21.3 Å². The van der Waals surface area contributed by atoms with Gasteiger partial charge in [-0.1, -0.05) is 24.6 Å². The molecule has 2 nitrogen and oxygen atoms in total. The summed E-state index contributed by atoms with van der Waals surface area (Å²) in [7, 11) is 1.68. The van der Waals surface area contributed by atoms with Crippen LogP contribution in [-0.2, 0) is 6.42 Å². The summed E-state index contributed by atoms with van der Waals surface area (Å²) in [5.41, 5.74) is 1.26. The van der Waals surface area contributed by atoms with Crippen molar-refractivity contribution in [1.82, 2.24) is 5.32 Å². The zero-order valence-corrected chi connectivity index (χ0v) is 14.6. The van der Waals surface area contributed by atoms with Gasteiger partial charge in [-0.25, -0.2) is 0 Å². The minimum absolute atomic E-state index is 0.290. The molecule has 0 saturated carbocycles. The number of likely N-dealkylation sites (N-methyl/N-ethyl adjacent to an activating group) is 1. The van der Waals surface area contributed by atoms with Crippen LogP contribution in [0.1, 0.15) is 23.4 Å². The normalized spacial score (nSPS) is 12.4. The fourth-order valence-electron chi connectivity index (χ4n) is 2.11. The predicted octanol–water partition coefficient (Wildman–Crippen LogP) is 5.07. The summed E-state index contributed by atoms with van der Waals surface area (Å²) in [4.78, 5) is 1.27. The highest BCUT2D eigenvalue weighted by Crippen LogP contribution is 2.31. The third-order valence-electron chi connectivity index (χ3n) is 3.04. The van der Waals surface area contributed by atoms with Crippen LogP contribution >= 0.6 is 38.9 Å². The fraction of sp³-hybridized carbons (Fsp3) is 0.333. The second-order valence-corrected chi connectivity index (χ2v) is 7.03. The Labute approximate surface area is 137 Å². The SMILES string of the molecule is CCNC(Cc1ccc(OC)c(Br)c1)c1ccc(Cl)s1. The van der Waals surface area contributed by atoms with Crippen molar-refractivity contribution < 1.29 is 4.74 Å². The van der Waals surface area contributed by atoms with E-state index in [2.05, 4.69) is 46.4 Å². The molecule has 0 aliphatic carbocycles. The first kappa shape index (κ1) is 15.8. The summed E-state index contributed by atoms with van der Waals surface area (Å²) < 4.78 is 7.08. The zero-order chi connectivity index (χ0) is 14.5. The van der Waals surface area contributed by atoms with Gasteiger partial charge in [-0.3, -0.25) is 0 Å². The number of hydrogen-bond donors (Lipinski definition) is 1. The molecule has 0 aliphatic heterocycles. The monoisotopic (exact) mass is 373 g/mol. The molecule has 1 N–H and O–H groups in total. The van der Waals surface area contributed by atoms with Gasteiger partial charge in [0.2, 0.25) is 0 Å². The molecule has 0 saturated heterocycles. The molecular formula is C15H17BrClNOS. The van der Waals surface area contributed by atoms with Crippen LogP contribution in [0.3, 0.4) is 0 Å². The van der Waals surface area contributed by atoms with E-state index in [1.807, 2.05) is 12.1 Å². The van der Waals surface area contributed by atoms with Gasteiger partial charge in [-0.15, -0.1) is 11.3 Å². The zero-order valence-electron chi connectivity index (χ0n) is 11.5. The molecule has 0 fully saturated rings. The van der Waals surface area contributed by atoms with Gasteiger partial charge in [0, 0.05) is 10.9 Å². The lowest BCUT2D eigenvalue weighted by atomic mass is 10.0. The van der Waals surface area contributed by atoms with Crippen LogP contribution in [-0.4, -0.2) is 13.7 Å². The maximum absolute atomic E-state index is 6.04. The third-order valence-corrected chi connectivity index (χ3v) is 5.01. The van der Waals surface area contributed by atoms with Crippen molar-refractivity contribution in [2.45, 2.75) is 19.4 Å². The molecule has 108 valence electrons. The van der Waals surface area contributed by atoms with Crippen molar-refractivity contribution in [3.63, 3.8) is 0 Å². The summed E-state index contributed by atoms with van der Waals surface area (Å²) in [5, 5.41) is 3.51. The second-order valence-electron chi connectivity index (χ2n) is 4.43. The molecule has 0 spiro atoms. The average molecular weight is 375 g/mol. The lowest BCUT2D eigenvalue weighted by molar-refractivity contribution is 0.412. The lowest BCUT2D eigenvalue weighted by Crippen LogP contribution is -2.22.